The van der Waals surface area contributed by atoms with E-state index in [1.54, 1.807) is 6.07 Å². The number of aromatic nitrogens is 2. The average molecular weight is 416 g/mol. The SMILES string of the molecule is Cc1cc(CNc2n[nH]c3ccc(Cl)cc23)c(F)cc1B1OC(C)(C)C(C)(C)O1. The largest absolute Gasteiger partial charge is 0.495 e. The summed E-state index contributed by atoms with van der Waals surface area (Å²) in [5.41, 5.74) is 2.09. The maximum absolute atomic E-state index is 14.9. The van der Waals surface area contributed by atoms with Crippen molar-refractivity contribution in [3.8, 4) is 0 Å². The molecule has 0 radical (unpaired) electrons. The van der Waals surface area contributed by atoms with Crippen molar-refractivity contribution in [3.05, 3.63) is 52.3 Å². The van der Waals surface area contributed by atoms with Gasteiger partial charge in [-0.3, -0.25) is 5.10 Å². The van der Waals surface area contributed by atoms with Crippen molar-refractivity contribution in [1.82, 2.24) is 10.2 Å². The molecule has 1 saturated heterocycles. The van der Waals surface area contributed by atoms with Gasteiger partial charge in [-0.15, -0.1) is 0 Å². The van der Waals surface area contributed by atoms with Crippen molar-refractivity contribution in [3.63, 3.8) is 0 Å². The van der Waals surface area contributed by atoms with Gasteiger partial charge >= 0.3 is 7.12 Å². The van der Waals surface area contributed by atoms with Gasteiger partial charge in [0.05, 0.1) is 16.7 Å². The molecule has 3 aromatic rings. The summed E-state index contributed by atoms with van der Waals surface area (Å²) in [6, 6.07) is 8.81. The van der Waals surface area contributed by atoms with Crippen LogP contribution in [0.3, 0.4) is 0 Å². The number of hydrogen-bond donors (Lipinski definition) is 2. The number of aryl methyl sites for hydroxylation is 1. The van der Waals surface area contributed by atoms with Gasteiger partial charge in [0.15, 0.2) is 5.82 Å². The fraction of sp³-hybridized carbons (Fsp3) is 0.381. The van der Waals surface area contributed by atoms with E-state index in [2.05, 4.69) is 15.5 Å². The van der Waals surface area contributed by atoms with Gasteiger partial charge in [-0.1, -0.05) is 23.2 Å². The summed E-state index contributed by atoms with van der Waals surface area (Å²) in [7, 11) is -0.589. The second-order valence-corrected chi connectivity index (χ2v) is 8.94. The van der Waals surface area contributed by atoms with E-state index in [1.807, 2.05) is 52.8 Å². The number of benzene rings is 2. The molecule has 0 aliphatic carbocycles. The molecule has 4 rings (SSSR count). The maximum atomic E-state index is 14.9. The van der Waals surface area contributed by atoms with Crippen LogP contribution >= 0.6 is 11.6 Å². The van der Waals surface area contributed by atoms with E-state index in [0.717, 1.165) is 16.5 Å². The van der Waals surface area contributed by atoms with Crippen LogP contribution in [0.1, 0.15) is 38.8 Å². The van der Waals surface area contributed by atoms with Crippen LogP contribution in [0.2, 0.25) is 5.02 Å². The predicted molar refractivity (Wildman–Crippen MR) is 115 cm³/mol. The Morgan fingerprint density at radius 3 is 2.52 bits per heavy atom. The van der Waals surface area contributed by atoms with Gasteiger partial charge in [0.25, 0.3) is 0 Å². The van der Waals surface area contributed by atoms with Gasteiger partial charge < -0.3 is 14.6 Å². The molecule has 8 heteroatoms. The van der Waals surface area contributed by atoms with E-state index in [9.17, 15) is 4.39 Å². The maximum Gasteiger partial charge on any atom is 0.495 e. The first-order chi connectivity index (χ1) is 13.6. The topological polar surface area (TPSA) is 59.2 Å². The van der Waals surface area contributed by atoms with E-state index in [4.69, 9.17) is 20.9 Å². The van der Waals surface area contributed by atoms with Crippen LogP contribution in [-0.4, -0.2) is 28.5 Å². The van der Waals surface area contributed by atoms with Crippen LogP contribution in [0, 0.1) is 12.7 Å². The van der Waals surface area contributed by atoms with E-state index in [-0.39, 0.29) is 5.82 Å². The Bertz CT molecular complexity index is 1070. The van der Waals surface area contributed by atoms with Crippen LogP contribution in [0.4, 0.5) is 10.2 Å². The molecule has 2 heterocycles. The van der Waals surface area contributed by atoms with Crippen molar-refractivity contribution < 1.29 is 13.7 Å². The molecule has 1 aromatic heterocycles. The highest BCUT2D eigenvalue weighted by Gasteiger charge is 2.52. The number of aromatic amines is 1. The number of hydrogen-bond acceptors (Lipinski definition) is 4. The molecule has 0 atom stereocenters. The minimum atomic E-state index is -0.589. The van der Waals surface area contributed by atoms with Crippen molar-refractivity contribution >= 4 is 40.9 Å². The summed E-state index contributed by atoms with van der Waals surface area (Å²) in [5, 5.41) is 11.9. The standard InChI is InChI=1S/C21H24BClFN3O2/c1-12-8-13(11-25-19-15-9-14(23)6-7-18(15)26-27-19)17(24)10-16(12)22-28-20(2,3)21(4,5)29-22/h6-10H,11H2,1-5H3,(H2,25,26,27). The Labute approximate surface area is 175 Å². The van der Waals surface area contributed by atoms with Crippen molar-refractivity contribution in [2.24, 2.45) is 0 Å². The second kappa shape index (κ2) is 7.01. The smallest absolute Gasteiger partial charge is 0.399 e. The first-order valence-corrected chi connectivity index (χ1v) is 9.97. The van der Waals surface area contributed by atoms with E-state index < -0.39 is 18.3 Å². The molecule has 2 N–H and O–H groups in total. The van der Waals surface area contributed by atoms with Gasteiger partial charge in [0.1, 0.15) is 5.82 Å². The van der Waals surface area contributed by atoms with Gasteiger partial charge in [-0.05, 0) is 64.3 Å². The van der Waals surface area contributed by atoms with Crippen molar-refractivity contribution in [1.29, 1.82) is 0 Å². The summed E-state index contributed by atoms with van der Waals surface area (Å²) >= 11 is 6.08. The lowest BCUT2D eigenvalue weighted by Crippen LogP contribution is -2.41. The zero-order valence-corrected chi connectivity index (χ0v) is 17.9. The van der Waals surface area contributed by atoms with E-state index >= 15 is 0 Å². The number of H-pyrrole nitrogens is 1. The highest BCUT2D eigenvalue weighted by atomic mass is 35.5. The quantitative estimate of drug-likeness (QED) is 0.613. The van der Waals surface area contributed by atoms with Gasteiger partial charge in [-0.25, -0.2) is 4.39 Å². The van der Waals surface area contributed by atoms with Crippen LogP contribution in [-0.2, 0) is 15.9 Å². The molecule has 0 spiro atoms. The minimum Gasteiger partial charge on any atom is -0.399 e. The van der Waals surface area contributed by atoms with Crippen LogP contribution in [0.15, 0.2) is 30.3 Å². The van der Waals surface area contributed by atoms with Crippen LogP contribution < -0.4 is 10.8 Å². The lowest BCUT2D eigenvalue weighted by molar-refractivity contribution is 0.00578. The van der Waals surface area contributed by atoms with Crippen molar-refractivity contribution in [2.75, 3.05) is 5.32 Å². The molecular weight excluding hydrogens is 392 g/mol. The fourth-order valence-electron chi connectivity index (χ4n) is 3.42. The second-order valence-electron chi connectivity index (χ2n) is 8.50. The zero-order chi connectivity index (χ0) is 21.0. The molecule has 0 amide bonds. The predicted octanol–water partition coefficient (Wildman–Crippen LogP) is 4.58. The molecule has 1 aliphatic heterocycles. The van der Waals surface area contributed by atoms with Crippen LogP contribution in [0.5, 0.6) is 0 Å². The van der Waals surface area contributed by atoms with E-state index in [1.165, 1.54) is 6.07 Å². The minimum absolute atomic E-state index is 0.294. The summed E-state index contributed by atoms with van der Waals surface area (Å²) in [5.74, 6) is 0.320. The number of halogens is 2. The first kappa shape index (κ1) is 20.2. The monoisotopic (exact) mass is 415 g/mol. The van der Waals surface area contributed by atoms with Crippen LogP contribution in [0.25, 0.3) is 10.9 Å². The molecule has 2 aromatic carbocycles. The third-order valence-corrected chi connectivity index (χ3v) is 6.15. The number of anilines is 1. The average Bonchev–Trinajstić information content (AvgIpc) is 3.12. The molecule has 0 unspecified atom stereocenters. The third-order valence-electron chi connectivity index (χ3n) is 5.91. The highest BCUT2D eigenvalue weighted by Crippen LogP contribution is 2.36. The molecular formula is C21H24BClFN3O2. The Morgan fingerprint density at radius 2 is 1.83 bits per heavy atom. The number of fused-ring (bicyclic) bond motifs is 1. The lowest BCUT2D eigenvalue weighted by Gasteiger charge is -2.32. The molecule has 5 nitrogen and oxygen atoms in total. The normalized spacial score (nSPS) is 17.8. The van der Waals surface area contributed by atoms with Gasteiger partial charge in [-0.2, -0.15) is 5.10 Å². The fourth-order valence-corrected chi connectivity index (χ4v) is 3.59. The molecule has 1 aliphatic rings. The Balaban J connectivity index is 1.55. The molecule has 0 bridgehead atoms. The molecule has 0 saturated carbocycles. The molecule has 152 valence electrons. The lowest BCUT2D eigenvalue weighted by atomic mass is 9.75. The number of rotatable bonds is 4. The molecule has 1 fully saturated rings. The number of nitrogens with one attached hydrogen (secondary N) is 2. The summed E-state index contributed by atoms with van der Waals surface area (Å²) < 4.78 is 27.0. The Kier molecular flexibility index (Phi) is 4.88. The summed E-state index contributed by atoms with van der Waals surface area (Å²) in [4.78, 5) is 0. The first-order valence-electron chi connectivity index (χ1n) is 9.59. The highest BCUT2D eigenvalue weighted by molar-refractivity contribution is 6.62. The number of nitrogens with zero attached hydrogens (tertiary/aromatic N) is 1. The Hall–Kier alpha value is -2.09. The Morgan fingerprint density at radius 1 is 1.14 bits per heavy atom. The van der Waals surface area contributed by atoms with Gasteiger partial charge in [0, 0.05) is 22.5 Å². The van der Waals surface area contributed by atoms with E-state index in [0.29, 0.717) is 28.4 Å². The third kappa shape index (κ3) is 3.63. The summed E-state index contributed by atoms with van der Waals surface area (Å²) in [6.45, 7) is 10.2. The molecule has 29 heavy (non-hydrogen) atoms. The van der Waals surface area contributed by atoms with Gasteiger partial charge in [0.2, 0.25) is 0 Å². The zero-order valence-electron chi connectivity index (χ0n) is 17.2. The summed E-state index contributed by atoms with van der Waals surface area (Å²) in [6.07, 6.45) is 0. The van der Waals surface area contributed by atoms with Crippen molar-refractivity contribution in [2.45, 2.75) is 52.4 Å².